The van der Waals surface area contributed by atoms with Crippen molar-refractivity contribution >= 4 is 17.8 Å². The molecule has 0 heterocycles. The number of carboxylic acids is 1. The first-order valence-electron chi connectivity index (χ1n) is 21.7. The average Bonchev–Trinajstić information content (AvgIpc) is 3.11. The molecule has 298 valence electrons. The number of rotatable bonds is 39. The molecule has 0 fully saturated rings. The molecule has 2 atom stereocenters. The highest BCUT2D eigenvalue weighted by atomic mass is 16.5. The number of hydrogen-bond donors (Lipinski definition) is 3. The predicted molar refractivity (Wildman–Crippen MR) is 216 cm³/mol. The molecule has 0 saturated carbocycles. The van der Waals surface area contributed by atoms with E-state index in [9.17, 15) is 19.5 Å². The van der Waals surface area contributed by atoms with Gasteiger partial charge in [0.1, 0.15) is 12.1 Å². The van der Waals surface area contributed by atoms with Gasteiger partial charge < -0.3 is 20.9 Å². The fourth-order valence-electron chi connectivity index (χ4n) is 6.46. The summed E-state index contributed by atoms with van der Waals surface area (Å²) in [6, 6.07) is -0.872. The van der Waals surface area contributed by atoms with E-state index in [0.717, 1.165) is 51.4 Å². The Hall–Kier alpha value is -2.15. The molecule has 0 aromatic rings. The Bertz CT molecular complexity index is 858. The van der Waals surface area contributed by atoms with E-state index in [4.69, 9.17) is 10.5 Å². The Balaban J connectivity index is 4.27. The van der Waals surface area contributed by atoms with Crippen LogP contribution in [-0.4, -0.2) is 41.6 Å². The molecule has 0 radical (unpaired) electrons. The number of carbonyl (C=O) groups excluding carboxylic acids is 2. The minimum atomic E-state index is -1.02. The minimum absolute atomic E-state index is 0.101. The summed E-state index contributed by atoms with van der Waals surface area (Å²) in [6.07, 6.45) is 43.8. The van der Waals surface area contributed by atoms with Crippen LogP contribution in [0.4, 0.5) is 0 Å². The quantitative estimate of drug-likeness (QED) is 0.0331. The van der Waals surface area contributed by atoms with Crippen LogP contribution in [0.1, 0.15) is 219 Å². The first kappa shape index (κ1) is 48.9. The number of ether oxygens (including phenoxy) is 1. The number of esters is 1. The maximum absolute atomic E-state index is 12.7. The molecule has 2 unspecified atom stereocenters. The lowest BCUT2D eigenvalue weighted by atomic mass is 10.0. The van der Waals surface area contributed by atoms with Gasteiger partial charge in [0.15, 0.2) is 0 Å². The summed E-state index contributed by atoms with van der Waals surface area (Å²) in [4.78, 5) is 36.3. The van der Waals surface area contributed by atoms with Crippen molar-refractivity contribution in [2.24, 2.45) is 5.73 Å². The lowest BCUT2D eigenvalue weighted by Gasteiger charge is -2.15. The highest BCUT2D eigenvalue weighted by molar-refractivity contribution is 5.83. The Morgan fingerprint density at radius 3 is 1.61 bits per heavy atom. The number of amides is 1. The summed E-state index contributed by atoms with van der Waals surface area (Å²) in [6.45, 7) is 4.91. The molecule has 4 N–H and O–H groups in total. The number of nitrogens with one attached hydrogen (secondary N) is 1. The third-order valence-electron chi connectivity index (χ3n) is 9.75. The first-order chi connectivity index (χ1) is 24.9. The van der Waals surface area contributed by atoms with Gasteiger partial charge in [-0.2, -0.15) is 0 Å². The minimum Gasteiger partial charge on any atom is -0.480 e. The molecule has 0 aliphatic rings. The topological polar surface area (TPSA) is 119 Å². The summed E-state index contributed by atoms with van der Waals surface area (Å²) >= 11 is 0. The SMILES string of the molecule is CCCCCC/C=C\C/C=C\C(CCCCCCC(=O)NC(CCCN)C(=O)O)OC(=O)CCCCCCCCCCCCCCCCCCC. The molecule has 0 aromatic heterocycles. The van der Waals surface area contributed by atoms with E-state index in [1.165, 1.54) is 122 Å². The van der Waals surface area contributed by atoms with Gasteiger partial charge in [0.2, 0.25) is 5.91 Å². The van der Waals surface area contributed by atoms with Crippen LogP contribution >= 0.6 is 0 Å². The van der Waals surface area contributed by atoms with Gasteiger partial charge in [-0.25, -0.2) is 4.79 Å². The summed E-state index contributed by atoms with van der Waals surface area (Å²) < 4.78 is 5.92. The summed E-state index contributed by atoms with van der Waals surface area (Å²) in [5.41, 5.74) is 5.48. The molecule has 0 aliphatic heterocycles. The van der Waals surface area contributed by atoms with Crippen LogP contribution in [0.2, 0.25) is 0 Å². The van der Waals surface area contributed by atoms with Crippen molar-refractivity contribution in [3.8, 4) is 0 Å². The Kier molecular flexibility index (Phi) is 37.4. The van der Waals surface area contributed by atoms with Crippen LogP contribution in [0.25, 0.3) is 0 Å². The standard InChI is InChI=1S/C44H82N2O5/c1-3-5-7-9-11-13-14-15-16-17-18-19-20-22-24-26-32-38-43(48)51-40(34-29-25-23-21-12-10-8-6-4-2)35-30-27-28-31-37-42(47)46-41(44(49)50)36-33-39-45/h21,23,29,34,40-41H,3-20,22,24-28,30-33,35-39,45H2,1-2H3,(H,46,47)(H,49,50)/b23-21-,34-29-. The van der Waals surface area contributed by atoms with Crippen molar-refractivity contribution < 1.29 is 24.2 Å². The third-order valence-corrected chi connectivity index (χ3v) is 9.75. The number of unbranched alkanes of at least 4 members (excludes halogenated alkanes) is 23. The molecule has 7 heteroatoms. The van der Waals surface area contributed by atoms with Gasteiger partial charge in [-0.1, -0.05) is 167 Å². The van der Waals surface area contributed by atoms with E-state index in [1.54, 1.807) is 0 Å². The number of carbonyl (C=O) groups is 3. The van der Waals surface area contributed by atoms with Gasteiger partial charge in [-0.15, -0.1) is 0 Å². The monoisotopic (exact) mass is 719 g/mol. The van der Waals surface area contributed by atoms with Crippen LogP contribution in [0.3, 0.4) is 0 Å². The fraction of sp³-hybridized carbons (Fsp3) is 0.841. The van der Waals surface area contributed by atoms with E-state index in [-0.39, 0.29) is 18.0 Å². The summed E-state index contributed by atoms with van der Waals surface area (Å²) in [5, 5.41) is 11.9. The van der Waals surface area contributed by atoms with E-state index in [2.05, 4.69) is 43.5 Å². The fourth-order valence-corrected chi connectivity index (χ4v) is 6.46. The normalized spacial score (nSPS) is 12.8. The van der Waals surface area contributed by atoms with Crippen molar-refractivity contribution in [1.82, 2.24) is 5.32 Å². The van der Waals surface area contributed by atoms with E-state index in [0.29, 0.717) is 38.6 Å². The number of allylic oxidation sites excluding steroid dienone is 3. The smallest absolute Gasteiger partial charge is 0.326 e. The molecule has 0 aliphatic carbocycles. The van der Waals surface area contributed by atoms with Crippen LogP contribution in [0, 0.1) is 0 Å². The Morgan fingerprint density at radius 2 is 1.08 bits per heavy atom. The average molecular weight is 719 g/mol. The van der Waals surface area contributed by atoms with Gasteiger partial charge >= 0.3 is 11.9 Å². The zero-order valence-electron chi connectivity index (χ0n) is 33.5. The third kappa shape index (κ3) is 36.0. The number of nitrogens with two attached hydrogens (primary N) is 1. The molecule has 0 rings (SSSR count). The van der Waals surface area contributed by atoms with Crippen molar-refractivity contribution in [3.05, 3.63) is 24.3 Å². The van der Waals surface area contributed by atoms with Crippen molar-refractivity contribution in [1.29, 1.82) is 0 Å². The second-order valence-corrected chi connectivity index (χ2v) is 14.8. The number of carboxylic acid groups (broad SMARTS) is 1. The lowest BCUT2D eigenvalue weighted by Crippen LogP contribution is -2.40. The van der Waals surface area contributed by atoms with E-state index >= 15 is 0 Å². The molecule has 0 spiro atoms. The zero-order chi connectivity index (χ0) is 37.5. The lowest BCUT2D eigenvalue weighted by molar-refractivity contribution is -0.147. The van der Waals surface area contributed by atoms with Crippen LogP contribution in [0.5, 0.6) is 0 Å². The highest BCUT2D eigenvalue weighted by Crippen LogP contribution is 2.16. The molecular formula is C44H82N2O5. The van der Waals surface area contributed by atoms with Crippen LogP contribution < -0.4 is 11.1 Å². The predicted octanol–water partition coefficient (Wildman–Crippen LogP) is 12.1. The highest BCUT2D eigenvalue weighted by Gasteiger charge is 2.19. The summed E-state index contributed by atoms with van der Waals surface area (Å²) in [7, 11) is 0. The second-order valence-electron chi connectivity index (χ2n) is 14.8. The maximum atomic E-state index is 12.7. The van der Waals surface area contributed by atoms with Crippen molar-refractivity contribution in [2.75, 3.05) is 6.54 Å². The van der Waals surface area contributed by atoms with Gasteiger partial charge in [-0.3, -0.25) is 9.59 Å². The first-order valence-corrected chi connectivity index (χ1v) is 21.7. The maximum Gasteiger partial charge on any atom is 0.326 e. The zero-order valence-corrected chi connectivity index (χ0v) is 33.5. The molecule has 0 bridgehead atoms. The van der Waals surface area contributed by atoms with Gasteiger partial charge in [0.25, 0.3) is 0 Å². The second kappa shape index (κ2) is 39.1. The molecule has 0 aromatic carbocycles. The van der Waals surface area contributed by atoms with Gasteiger partial charge in [-0.05, 0) is 70.4 Å². The van der Waals surface area contributed by atoms with Crippen LogP contribution in [0.15, 0.2) is 24.3 Å². The van der Waals surface area contributed by atoms with Gasteiger partial charge in [0.05, 0.1) is 0 Å². The Labute approximate surface area is 314 Å². The number of aliphatic carboxylic acids is 1. The largest absolute Gasteiger partial charge is 0.480 e. The van der Waals surface area contributed by atoms with Crippen LogP contribution in [-0.2, 0) is 19.1 Å². The summed E-state index contributed by atoms with van der Waals surface area (Å²) in [5.74, 6) is -1.34. The molecule has 0 saturated heterocycles. The van der Waals surface area contributed by atoms with Crippen molar-refractivity contribution in [2.45, 2.75) is 231 Å². The molecule has 7 nitrogen and oxygen atoms in total. The van der Waals surface area contributed by atoms with E-state index in [1.807, 2.05) is 0 Å². The van der Waals surface area contributed by atoms with Crippen molar-refractivity contribution in [3.63, 3.8) is 0 Å². The molecular weight excluding hydrogens is 636 g/mol. The van der Waals surface area contributed by atoms with Gasteiger partial charge in [0, 0.05) is 12.8 Å². The van der Waals surface area contributed by atoms with E-state index < -0.39 is 12.0 Å². The number of hydrogen-bond acceptors (Lipinski definition) is 5. The molecule has 51 heavy (non-hydrogen) atoms. The Morgan fingerprint density at radius 1 is 0.588 bits per heavy atom. The molecule has 1 amide bonds.